The van der Waals surface area contributed by atoms with Crippen LogP contribution in [0.4, 0.5) is 5.69 Å². The zero-order chi connectivity index (χ0) is 15.5. The van der Waals surface area contributed by atoms with E-state index in [9.17, 15) is 9.59 Å². The van der Waals surface area contributed by atoms with Crippen molar-refractivity contribution in [1.82, 2.24) is 24.6 Å². The lowest BCUT2D eigenvalue weighted by Gasteiger charge is -2.09. The summed E-state index contributed by atoms with van der Waals surface area (Å²) >= 11 is 0. The third-order valence-electron chi connectivity index (χ3n) is 3.08. The van der Waals surface area contributed by atoms with Crippen molar-refractivity contribution in [2.24, 2.45) is 0 Å². The van der Waals surface area contributed by atoms with Gasteiger partial charge >= 0.3 is 5.69 Å². The van der Waals surface area contributed by atoms with Gasteiger partial charge in [-0.05, 0) is 6.07 Å². The second-order valence-corrected chi connectivity index (χ2v) is 4.54. The molecule has 0 saturated carbocycles. The molecule has 0 amide bonds. The van der Waals surface area contributed by atoms with Crippen molar-refractivity contribution in [1.29, 1.82) is 0 Å². The molecule has 0 unspecified atom stereocenters. The maximum atomic E-state index is 11.9. The van der Waals surface area contributed by atoms with E-state index >= 15 is 0 Å². The van der Waals surface area contributed by atoms with Crippen LogP contribution < -0.4 is 16.6 Å². The van der Waals surface area contributed by atoms with Gasteiger partial charge in [0.15, 0.2) is 5.65 Å². The fourth-order valence-electron chi connectivity index (χ4n) is 2.07. The highest BCUT2D eigenvalue weighted by Crippen LogP contribution is 2.20. The predicted molar refractivity (Wildman–Crippen MR) is 80.0 cm³/mol. The van der Waals surface area contributed by atoms with Crippen molar-refractivity contribution in [3.63, 3.8) is 0 Å². The molecule has 3 aromatic rings. The number of nitrogens with one attached hydrogen (secondary N) is 3. The van der Waals surface area contributed by atoms with Gasteiger partial charge < -0.3 is 15.0 Å². The van der Waals surface area contributed by atoms with Gasteiger partial charge in [-0.15, -0.1) is 0 Å². The summed E-state index contributed by atoms with van der Waals surface area (Å²) in [6.07, 6.45) is 4.64. The van der Waals surface area contributed by atoms with Crippen molar-refractivity contribution >= 4 is 11.3 Å². The van der Waals surface area contributed by atoms with Gasteiger partial charge in [0, 0.05) is 32.2 Å². The van der Waals surface area contributed by atoms with E-state index in [0.717, 1.165) is 5.69 Å². The number of rotatable bonds is 5. The molecule has 0 saturated heterocycles. The molecular formula is C13H14N6O3. The van der Waals surface area contributed by atoms with Gasteiger partial charge in [-0.1, -0.05) is 0 Å². The number of imidazole rings is 1. The summed E-state index contributed by atoms with van der Waals surface area (Å²) in [5, 5.41) is 7.51. The van der Waals surface area contributed by atoms with Gasteiger partial charge in [0.2, 0.25) is 0 Å². The Bertz CT molecular complexity index is 910. The van der Waals surface area contributed by atoms with Gasteiger partial charge in [0.25, 0.3) is 5.56 Å². The smallest absolute Gasteiger partial charge is 0.325 e. The highest BCUT2D eigenvalue weighted by molar-refractivity contribution is 5.73. The molecule has 114 valence electrons. The molecular weight excluding hydrogens is 288 g/mol. The van der Waals surface area contributed by atoms with E-state index in [4.69, 9.17) is 4.74 Å². The summed E-state index contributed by atoms with van der Waals surface area (Å²) in [5.74, 6) is 0. The first-order chi connectivity index (χ1) is 10.7. The van der Waals surface area contributed by atoms with Crippen molar-refractivity contribution in [3.8, 4) is 11.3 Å². The number of H-pyrrole nitrogens is 2. The zero-order valence-corrected chi connectivity index (χ0v) is 11.8. The zero-order valence-electron chi connectivity index (χ0n) is 11.8. The van der Waals surface area contributed by atoms with Crippen molar-refractivity contribution in [3.05, 3.63) is 45.5 Å². The molecule has 0 fully saturated rings. The minimum atomic E-state index is -0.559. The SMILES string of the molecule is COCCNc1cc(-c2c[nH]c(=O)[nH]c2=O)nn2ccnc12. The Morgan fingerprint density at radius 3 is 3.05 bits per heavy atom. The van der Waals surface area contributed by atoms with Gasteiger partial charge in [0.1, 0.15) is 5.69 Å². The van der Waals surface area contributed by atoms with Crippen LogP contribution in [0.2, 0.25) is 0 Å². The average Bonchev–Trinajstić information content (AvgIpc) is 2.96. The van der Waals surface area contributed by atoms with E-state index in [-0.39, 0.29) is 5.56 Å². The van der Waals surface area contributed by atoms with Crippen molar-refractivity contribution < 1.29 is 4.74 Å². The number of hydrogen-bond acceptors (Lipinski definition) is 6. The van der Waals surface area contributed by atoms with Crippen LogP contribution >= 0.6 is 0 Å². The Balaban J connectivity index is 2.10. The normalized spacial score (nSPS) is 11.0. The minimum absolute atomic E-state index is 0.269. The Morgan fingerprint density at radius 2 is 2.27 bits per heavy atom. The number of anilines is 1. The molecule has 3 aromatic heterocycles. The van der Waals surface area contributed by atoms with E-state index in [1.807, 2.05) is 0 Å². The fourth-order valence-corrected chi connectivity index (χ4v) is 2.07. The van der Waals surface area contributed by atoms with Crippen LogP contribution in [0.15, 0.2) is 34.2 Å². The number of methoxy groups -OCH3 is 1. The summed E-state index contributed by atoms with van der Waals surface area (Å²) in [7, 11) is 1.62. The largest absolute Gasteiger partial charge is 0.383 e. The molecule has 0 atom stereocenters. The van der Waals surface area contributed by atoms with E-state index < -0.39 is 11.2 Å². The van der Waals surface area contributed by atoms with Crippen LogP contribution in [0, 0.1) is 0 Å². The number of aromatic amines is 2. The lowest BCUT2D eigenvalue weighted by Crippen LogP contribution is -2.23. The minimum Gasteiger partial charge on any atom is -0.383 e. The van der Waals surface area contributed by atoms with Gasteiger partial charge in [0.05, 0.1) is 17.9 Å². The highest BCUT2D eigenvalue weighted by Gasteiger charge is 2.11. The maximum absolute atomic E-state index is 11.9. The van der Waals surface area contributed by atoms with E-state index in [2.05, 4.69) is 25.4 Å². The number of hydrogen-bond donors (Lipinski definition) is 3. The molecule has 3 heterocycles. The monoisotopic (exact) mass is 302 g/mol. The molecule has 0 aliphatic rings. The third-order valence-corrected chi connectivity index (χ3v) is 3.08. The summed E-state index contributed by atoms with van der Waals surface area (Å²) < 4.78 is 6.57. The van der Waals surface area contributed by atoms with E-state index in [1.165, 1.54) is 6.20 Å². The van der Waals surface area contributed by atoms with Gasteiger partial charge in [-0.2, -0.15) is 5.10 Å². The van der Waals surface area contributed by atoms with Crippen LogP contribution in [-0.2, 0) is 4.74 Å². The first-order valence-corrected chi connectivity index (χ1v) is 6.58. The molecule has 3 N–H and O–H groups in total. The van der Waals surface area contributed by atoms with Crippen LogP contribution in [-0.4, -0.2) is 44.8 Å². The van der Waals surface area contributed by atoms with E-state index in [0.29, 0.717) is 24.5 Å². The fraction of sp³-hybridized carbons (Fsp3) is 0.231. The quantitative estimate of drug-likeness (QED) is 0.563. The number of aromatic nitrogens is 5. The molecule has 22 heavy (non-hydrogen) atoms. The van der Waals surface area contributed by atoms with Gasteiger partial charge in [-0.25, -0.2) is 14.3 Å². The molecule has 3 rings (SSSR count). The van der Waals surface area contributed by atoms with Gasteiger partial charge in [-0.3, -0.25) is 9.78 Å². The maximum Gasteiger partial charge on any atom is 0.325 e. The average molecular weight is 302 g/mol. The molecule has 0 radical (unpaired) electrons. The van der Waals surface area contributed by atoms with Crippen molar-refractivity contribution in [2.75, 3.05) is 25.6 Å². The molecule has 9 heteroatoms. The number of fused-ring (bicyclic) bond motifs is 1. The van der Waals surface area contributed by atoms with Crippen LogP contribution in [0.1, 0.15) is 0 Å². The Labute approximate surface area is 124 Å². The van der Waals surface area contributed by atoms with E-state index in [1.54, 1.807) is 30.1 Å². The standard InChI is InChI=1S/C13H14N6O3/c1-22-5-3-14-10-6-9(18-19-4-2-15-11(10)19)8-7-16-13(21)17-12(8)20/h2,4,6-7,14H,3,5H2,1H3,(H2,16,17,20,21). The lowest BCUT2D eigenvalue weighted by atomic mass is 10.2. The van der Waals surface area contributed by atoms with Crippen LogP contribution in [0.5, 0.6) is 0 Å². The third kappa shape index (κ3) is 2.61. The second kappa shape index (κ2) is 5.82. The molecule has 0 aliphatic heterocycles. The summed E-state index contributed by atoms with van der Waals surface area (Å²) in [6.45, 7) is 1.12. The predicted octanol–water partition coefficient (Wildman–Crippen LogP) is -0.169. The Kier molecular flexibility index (Phi) is 3.71. The molecule has 0 spiro atoms. The second-order valence-electron chi connectivity index (χ2n) is 4.54. The Morgan fingerprint density at radius 1 is 1.41 bits per heavy atom. The molecule has 0 bridgehead atoms. The highest BCUT2D eigenvalue weighted by atomic mass is 16.5. The first-order valence-electron chi connectivity index (χ1n) is 6.58. The summed E-state index contributed by atoms with van der Waals surface area (Å²) in [5.41, 5.74) is 0.987. The summed E-state index contributed by atoms with van der Waals surface area (Å²) in [4.78, 5) is 31.9. The number of nitrogens with zero attached hydrogens (tertiary/aromatic N) is 3. The van der Waals surface area contributed by atoms with Crippen LogP contribution in [0.3, 0.4) is 0 Å². The molecule has 0 aliphatic carbocycles. The lowest BCUT2D eigenvalue weighted by molar-refractivity contribution is 0.211. The molecule has 0 aromatic carbocycles. The number of ether oxygens (including phenoxy) is 1. The van der Waals surface area contributed by atoms with Crippen LogP contribution in [0.25, 0.3) is 16.9 Å². The first kappa shape index (κ1) is 14.0. The molecule has 9 nitrogen and oxygen atoms in total. The topological polar surface area (TPSA) is 117 Å². The summed E-state index contributed by atoms with van der Waals surface area (Å²) in [6, 6.07) is 1.71. The van der Waals surface area contributed by atoms with Crippen molar-refractivity contribution in [2.45, 2.75) is 0 Å². The Hall–Kier alpha value is -2.94.